The Hall–Kier alpha value is -3.20. The number of rotatable bonds is 8. The summed E-state index contributed by atoms with van der Waals surface area (Å²) in [5.41, 5.74) is 1.04. The molecular formula is C21H21FN4O3S. The molecular weight excluding hydrogens is 407 g/mol. The van der Waals surface area contributed by atoms with Crippen molar-refractivity contribution in [3.63, 3.8) is 0 Å². The molecule has 7 nitrogen and oxygen atoms in total. The fourth-order valence-electron chi connectivity index (χ4n) is 2.56. The molecule has 156 valence electrons. The molecule has 1 heterocycles. The van der Waals surface area contributed by atoms with E-state index in [9.17, 15) is 9.18 Å². The van der Waals surface area contributed by atoms with Crippen LogP contribution in [0.25, 0.3) is 0 Å². The van der Waals surface area contributed by atoms with Gasteiger partial charge in [0.25, 0.3) is 5.56 Å². The zero-order chi connectivity index (χ0) is 21.5. The van der Waals surface area contributed by atoms with Gasteiger partial charge in [-0.2, -0.15) is 9.78 Å². The van der Waals surface area contributed by atoms with Crippen molar-refractivity contribution < 1.29 is 13.9 Å². The molecule has 0 saturated carbocycles. The molecule has 0 aliphatic heterocycles. The van der Waals surface area contributed by atoms with Crippen molar-refractivity contribution in [1.82, 2.24) is 14.9 Å². The van der Waals surface area contributed by atoms with E-state index in [1.807, 2.05) is 6.92 Å². The number of aryl methyl sites for hydroxylation is 1. The average molecular weight is 428 g/mol. The summed E-state index contributed by atoms with van der Waals surface area (Å²) in [5.74, 6) is 1.16. The normalized spacial score (nSPS) is 11.1. The van der Waals surface area contributed by atoms with E-state index in [2.05, 4.69) is 15.3 Å². The number of aromatic nitrogens is 3. The second kappa shape index (κ2) is 10.0. The highest BCUT2D eigenvalue weighted by Gasteiger charge is 2.11. The van der Waals surface area contributed by atoms with Crippen LogP contribution in [0.2, 0.25) is 0 Å². The molecule has 0 aliphatic carbocycles. The second-order valence-electron chi connectivity index (χ2n) is 6.15. The first-order chi connectivity index (χ1) is 14.5. The van der Waals surface area contributed by atoms with E-state index in [1.165, 1.54) is 28.7 Å². The molecule has 2 aromatic carbocycles. The summed E-state index contributed by atoms with van der Waals surface area (Å²) in [5, 5.41) is 12.5. The molecule has 0 unspecified atom stereocenters. The molecule has 0 atom stereocenters. The minimum atomic E-state index is -0.393. The van der Waals surface area contributed by atoms with Gasteiger partial charge in [0.1, 0.15) is 11.5 Å². The first kappa shape index (κ1) is 21.5. The quantitative estimate of drug-likeness (QED) is 0.402. The maximum Gasteiger partial charge on any atom is 0.296 e. The van der Waals surface area contributed by atoms with Crippen LogP contribution in [0.3, 0.4) is 0 Å². The van der Waals surface area contributed by atoms with Crippen LogP contribution in [0.1, 0.15) is 23.7 Å². The standard InChI is InChI=1S/C21H21FN4O3S/c1-4-29-19-11-15(9-10-18(19)28-3)12-23-26-20(27)14(2)24-25-21(26)30-13-16-7-5-6-8-17(16)22/h5-12H,4,13H2,1-3H3/b23-12+. The lowest BCUT2D eigenvalue weighted by Crippen LogP contribution is -2.23. The number of hydrogen-bond acceptors (Lipinski definition) is 7. The summed E-state index contributed by atoms with van der Waals surface area (Å²) in [4.78, 5) is 12.6. The Kier molecular flexibility index (Phi) is 7.18. The fourth-order valence-corrected chi connectivity index (χ4v) is 3.43. The second-order valence-corrected chi connectivity index (χ2v) is 7.10. The summed E-state index contributed by atoms with van der Waals surface area (Å²) in [7, 11) is 1.57. The van der Waals surface area contributed by atoms with Gasteiger partial charge in [-0.3, -0.25) is 4.79 Å². The van der Waals surface area contributed by atoms with Gasteiger partial charge in [-0.05, 0) is 49.2 Å². The smallest absolute Gasteiger partial charge is 0.296 e. The average Bonchev–Trinajstić information content (AvgIpc) is 2.75. The van der Waals surface area contributed by atoms with E-state index >= 15 is 0 Å². The van der Waals surface area contributed by atoms with Crippen LogP contribution in [0.15, 0.2) is 57.5 Å². The summed E-state index contributed by atoms with van der Waals surface area (Å²) < 4.78 is 25.9. The molecule has 9 heteroatoms. The maximum atomic E-state index is 13.9. The van der Waals surface area contributed by atoms with Gasteiger partial charge in [-0.25, -0.2) is 4.39 Å². The number of thioether (sulfide) groups is 1. The SMILES string of the molecule is CCOc1cc(/C=N/n2c(SCc3ccccc3F)nnc(C)c2=O)ccc1OC. The zero-order valence-electron chi connectivity index (χ0n) is 16.8. The molecule has 0 spiro atoms. The van der Waals surface area contributed by atoms with E-state index in [4.69, 9.17) is 9.47 Å². The van der Waals surface area contributed by atoms with Crippen LogP contribution in [0, 0.1) is 12.7 Å². The molecule has 3 rings (SSSR count). The summed E-state index contributed by atoms with van der Waals surface area (Å²) in [6, 6.07) is 11.8. The van der Waals surface area contributed by atoms with E-state index in [0.29, 0.717) is 29.2 Å². The predicted octanol–water partition coefficient (Wildman–Crippen LogP) is 3.67. The van der Waals surface area contributed by atoms with E-state index in [-0.39, 0.29) is 22.4 Å². The van der Waals surface area contributed by atoms with E-state index in [0.717, 1.165) is 0 Å². The van der Waals surface area contributed by atoms with Crippen LogP contribution < -0.4 is 15.0 Å². The third-order valence-corrected chi connectivity index (χ3v) is 5.06. The van der Waals surface area contributed by atoms with E-state index in [1.54, 1.807) is 50.4 Å². The van der Waals surface area contributed by atoms with Crippen molar-refractivity contribution in [2.45, 2.75) is 24.8 Å². The Labute approximate surface area is 177 Å². The molecule has 0 radical (unpaired) electrons. The van der Waals surface area contributed by atoms with Gasteiger partial charge in [0.2, 0.25) is 5.16 Å². The molecule has 30 heavy (non-hydrogen) atoms. The molecule has 0 fully saturated rings. The third kappa shape index (κ3) is 5.04. The molecule has 0 N–H and O–H groups in total. The van der Waals surface area contributed by atoms with Gasteiger partial charge in [0.15, 0.2) is 11.5 Å². The van der Waals surface area contributed by atoms with Crippen molar-refractivity contribution in [2.75, 3.05) is 13.7 Å². The predicted molar refractivity (Wildman–Crippen MR) is 114 cm³/mol. The summed E-state index contributed by atoms with van der Waals surface area (Å²) in [6.07, 6.45) is 1.53. The van der Waals surface area contributed by atoms with Gasteiger partial charge in [0.05, 0.1) is 19.9 Å². The molecule has 0 saturated heterocycles. The van der Waals surface area contributed by atoms with Crippen molar-refractivity contribution in [3.8, 4) is 11.5 Å². The van der Waals surface area contributed by atoms with Gasteiger partial charge in [-0.1, -0.05) is 30.0 Å². The lowest BCUT2D eigenvalue weighted by molar-refractivity contribution is 0.311. The zero-order valence-corrected chi connectivity index (χ0v) is 17.6. The number of benzene rings is 2. The number of hydrogen-bond donors (Lipinski definition) is 0. The summed E-state index contributed by atoms with van der Waals surface area (Å²) in [6.45, 7) is 3.93. The van der Waals surface area contributed by atoms with Crippen molar-refractivity contribution in [3.05, 3.63) is 75.5 Å². The number of ether oxygens (including phenoxy) is 2. The van der Waals surface area contributed by atoms with Gasteiger partial charge < -0.3 is 9.47 Å². The van der Waals surface area contributed by atoms with Crippen LogP contribution >= 0.6 is 11.8 Å². The van der Waals surface area contributed by atoms with Crippen LogP contribution in [0.5, 0.6) is 11.5 Å². The largest absolute Gasteiger partial charge is 0.493 e. The number of halogens is 1. The van der Waals surface area contributed by atoms with Crippen LogP contribution in [-0.2, 0) is 5.75 Å². The van der Waals surface area contributed by atoms with Gasteiger partial charge >= 0.3 is 0 Å². The molecule has 0 amide bonds. The Balaban J connectivity index is 1.90. The minimum Gasteiger partial charge on any atom is -0.493 e. The number of nitrogens with zero attached hydrogens (tertiary/aromatic N) is 4. The molecule has 0 bridgehead atoms. The lowest BCUT2D eigenvalue weighted by Gasteiger charge is -2.10. The van der Waals surface area contributed by atoms with Gasteiger partial charge in [-0.15, -0.1) is 10.2 Å². The monoisotopic (exact) mass is 428 g/mol. The maximum absolute atomic E-state index is 13.9. The van der Waals surface area contributed by atoms with Crippen molar-refractivity contribution in [1.29, 1.82) is 0 Å². The highest BCUT2D eigenvalue weighted by Crippen LogP contribution is 2.27. The van der Waals surface area contributed by atoms with Gasteiger partial charge in [0, 0.05) is 5.75 Å². The van der Waals surface area contributed by atoms with Crippen LogP contribution in [-0.4, -0.2) is 34.8 Å². The molecule has 3 aromatic rings. The summed E-state index contributed by atoms with van der Waals surface area (Å²) >= 11 is 1.18. The van der Waals surface area contributed by atoms with Crippen LogP contribution in [0.4, 0.5) is 4.39 Å². The Morgan fingerprint density at radius 3 is 2.73 bits per heavy atom. The fraction of sp³-hybridized carbons (Fsp3) is 0.238. The van der Waals surface area contributed by atoms with E-state index < -0.39 is 5.56 Å². The Bertz CT molecular complexity index is 1120. The molecule has 1 aromatic heterocycles. The molecule has 0 aliphatic rings. The highest BCUT2D eigenvalue weighted by molar-refractivity contribution is 7.98. The topological polar surface area (TPSA) is 78.6 Å². The third-order valence-electron chi connectivity index (χ3n) is 4.09. The first-order valence-corrected chi connectivity index (χ1v) is 10.2. The highest BCUT2D eigenvalue weighted by atomic mass is 32.2. The number of methoxy groups -OCH3 is 1. The van der Waals surface area contributed by atoms with Crippen molar-refractivity contribution >= 4 is 18.0 Å². The Morgan fingerprint density at radius 1 is 1.20 bits per heavy atom. The Morgan fingerprint density at radius 2 is 2.00 bits per heavy atom. The first-order valence-electron chi connectivity index (χ1n) is 9.21. The lowest BCUT2D eigenvalue weighted by atomic mass is 10.2. The minimum absolute atomic E-state index is 0.215. The van der Waals surface area contributed by atoms with Crippen molar-refractivity contribution in [2.24, 2.45) is 5.10 Å².